The van der Waals surface area contributed by atoms with Crippen LogP contribution in [0, 0.1) is 0 Å². The molecular formula is C8H18N4O3. The predicted molar refractivity (Wildman–Crippen MR) is 55.1 cm³/mol. The SMILES string of the molecule is NC(N)=NCC[C@@H]1N[C@H](CO)[C@@H](O)[C@H]1O. The first-order valence-electron chi connectivity index (χ1n) is 4.84. The van der Waals surface area contributed by atoms with Gasteiger partial charge in [0.05, 0.1) is 24.9 Å². The van der Waals surface area contributed by atoms with E-state index < -0.39 is 18.2 Å². The minimum Gasteiger partial charge on any atom is -0.395 e. The van der Waals surface area contributed by atoms with Crippen molar-refractivity contribution in [2.75, 3.05) is 13.2 Å². The van der Waals surface area contributed by atoms with Crippen molar-refractivity contribution in [3.63, 3.8) is 0 Å². The molecule has 0 aromatic heterocycles. The number of nitrogens with zero attached hydrogens (tertiary/aromatic N) is 1. The van der Waals surface area contributed by atoms with Gasteiger partial charge in [-0.05, 0) is 6.42 Å². The molecule has 1 heterocycles. The van der Waals surface area contributed by atoms with Crippen LogP contribution >= 0.6 is 0 Å². The van der Waals surface area contributed by atoms with Crippen LogP contribution in [0.15, 0.2) is 4.99 Å². The summed E-state index contributed by atoms with van der Waals surface area (Å²) in [4.78, 5) is 3.78. The van der Waals surface area contributed by atoms with Crippen LogP contribution in [0.4, 0.5) is 0 Å². The summed E-state index contributed by atoms with van der Waals surface area (Å²) < 4.78 is 0. The molecule has 0 amide bonds. The summed E-state index contributed by atoms with van der Waals surface area (Å²) >= 11 is 0. The standard InChI is InChI=1S/C8H18N4O3/c9-8(10)11-2-1-4-6(14)7(15)5(3-13)12-4/h4-7,12-15H,1-3H2,(H4,9,10,11)/t4-,5+,6-,7+/m0/s1. The number of aliphatic hydroxyl groups excluding tert-OH is 3. The Hall–Kier alpha value is -0.890. The van der Waals surface area contributed by atoms with E-state index in [1.165, 1.54) is 0 Å². The van der Waals surface area contributed by atoms with Crippen molar-refractivity contribution in [3.8, 4) is 0 Å². The average Bonchev–Trinajstić information content (AvgIpc) is 2.45. The zero-order valence-corrected chi connectivity index (χ0v) is 8.37. The molecule has 0 saturated carbocycles. The molecule has 0 aromatic carbocycles. The lowest BCUT2D eigenvalue weighted by atomic mass is 10.1. The molecule has 1 aliphatic rings. The Balaban J connectivity index is 2.40. The van der Waals surface area contributed by atoms with Gasteiger partial charge in [0.2, 0.25) is 0 Å². The van der Waals surface area contributed by atoms with E-state index >= 15 is 0 Å². The summed E-state index contributed by atoms with van der Waals surface area (Å²) in [5, 5.41) is 30.9. The van der Waals surface area contributed by atoms with Gasteiger partial charge in [-0.1, -0.05) is 0 Å². The fourth-order valence-corrected chi connectivity index (χ4v) is 1.70. The van der Waals surface area contributed by atoms with Crippen LogP contribution in [0.2, 0.25) is 0 Å². The molecule has 0 bridgehead atoms. The molecule has 0 aromatic rings. The summed E-state index contributed by atoms with van der Waals surface area (Å²) in [6, 6.07) is -0.774. The molecule has 1 fully saturated rings. The zero-order valence-electron chi connectivity index (χ0n) is 8.37. The van der Waals surface area contributed by atoms with Gasteiger partial charge in [0.25, 0.3) is 0 Å². The van der Waals surface area contributed by atoms with Crippen molar-refractivity contribution in [1.82, 2.24) is 5.32 Å². The second-order valence-corrected chi connectivity index (χ2v) is 3.64. The number of nitrogens with two attached hydrogens (primary N) is 2. The number of guanidine groups is 1. The monoisotopic (exact) mass is 218 g/mol. The van der Waals surface area contributed by atoms with Crippen LogP contribution in [0.1, 0.15) is 6.42 Å². The Bertz CT molecular complexity index is 232. The molecule has 0 aliphatic carbocycles. The maximum atomic E-state index is 9.59. The van der Waals surface area contributed by atoms with E-state index in [2.05, 4.69) is 10.3 Å². The van der Waals surface area contributed by atoms with Crippen molar-refractivity contribution in [1.29, 1.82) is 0 Å². The summed E-state index contributed by atoms with van der Waals surface area (Å²) in [6.07, 6.45) is -1.33. The van der Waals surface area contributed by atoms with Gasteiger partial charge in [-0.3, -0.25) is 4.99 Å². The van der Waals surface area contributed by atoms with Gasteiger partial charge in [0, 0.05) is 12.6 Å². The van der Waals surface area contributed by atoms with E-state index in [-0.39, 0.29) is 18.6 Å². The number of rotatable bonds is 4. The number of hydrogen-bond acceptors (Lipinski definition) is 5. The topological polar surface area (TPSA) is 137 Å². The minimum atomic E-state index is -0.945. The van der Waals surface area contributed by atoms with E-state index in [4.69, 9.17) is 16.6 Å². The summed E-state index contributed by atoms with van der Waals surface area (Å²) in [5.74, 6) is 0.00161. The van der Waals surface area contributed by atoms with E-state index in [0.29, 0.717) is 13.0 Å². The molecule has 0 radical (unpaired) electrons. The Morgan fingerprint density at radius 3 is 2.27 bits per heavy atom. The third-order valence-corrected chi connectivity index (χ3v) is 2.53. The lowest BCUT2D eigenvalue weighted by Gasteiger charge is -2.14. The molecular weight excluding hydrogens is 200 g/mol. The first-order valence-corrected chi connectivity index (χ1v) is 4.84. The van der Waals surface area contributed by atoms with Crippen molar-refractivity contribution in [2.45, 2.75) is 30.7 Å². The molecule has 7 nitrogen and oxygen atoms in total. The number of aliphatic hydroxyl groups is 3. The summed E-state index contributed by atoms with van der Waals surface area (Å²) in [7, 11) is 0. The molecule has 8 N–H and O–H groups in total. The third-order valence-electron chi connectivity index (χ3n) is 2.53. The predicted octanol–water partition coefficient (Wildman–Crippen LogP) is -3.30. The van der Waals surface area contributed by atoms with Gasteiger partial charge in [-0.25, -0.2) is 0 Å². The van der Waals surface area contributed by atoms with Crippen molar-refractivity contribution in [2.24, 2.45) is 16.5 Å². The fourth-order valence-electron chi connectivity index (χ4n) is 1.70. The molecule has 7 heteroatoms. The van der Waals surface area contributed by atoms with Crippen LogP contribution < -0.4 is 16.8 Å². The molecule has 1 aliphatic heterocycles. The molecule has 1 rings (SSSR count). The van der Waals surface area contributed by atoms with Gasteiger partial charge >= 0.3 is 0 Å². The second kappa shape index (κ2) is 5.26. The van der Waals surface area contributed by atoms with Gasteiger partial charge in [0.15, 0.2) is 5.96 Å². The molecule has 15 heavy (non-hydrogen) atoms. The largest absolute Gasteiger partial charge is 0.395 e. The fraction of sp³-hybridized carbons (Fsp3) is 0.875. The average molecular weight is 218 g/mol. The van der Waals surface area contributed by atoms with Crippen LogP contribution in [0.3, 0.4) is 0 Å². The molecule has 88 valence electrons. The highest BCUT2D eigenvalue weighted by atomic mass is 16.3. The Kier molecular flexibility index (Phi) is 4.28. The minimum absolute atomic E-state index is 0.00161. The van der Waals surface area contributed by atoms with Crippen LogP contribution in [0.5, 0.6) is 0 Å². The molecule has 0 unspecified atom stereocenters. The Labute approximate surface area is 87.8 Å². The number of hydrogen-bond donors (Lipinski definition) is 6. The first kappa shape index (κ1) is 12.2. The molecule has 4 atom stereocenters. The van der Waals surface area contributed by atoms with Crippen LogP contribution in [0.25, 0.3) is 0 Å². The highest BCUT2D eigenvalue weighted by molar-refractivity contribution is 5.75. The van der Waals surface area contributed by atoms with Gasteiger partial charge in [-0.15, -0.1) is 0 Å². The lowest BCUT2D eigenvalue weighted by molar-refractivity contribution is 0.0191. The van der Waals surface area contributed by atoms with Crippen molar-refractivity contribution in [3.05, 3.63) is 0 Å². The summed E-state index contributed by atoms with van der Waals surface area (Å²) in [5.41, 5.74) is 10.3. The smallest absolute Gasteiger partial charge is 0.185 e. The first-order chi connectivity index (χ1) is 7.06. The quantitative estimate of drug-likeness (QED) is 0.216. The number of aliphatic imine (C=N–C) groups is 1. The Morgan fingerprint density at radius 1 is 1.20 bits per heavy atom. The highest BCUT2D eigenvalue weighted by Gasteiger charge is 2.39. The van der Waals surface area contributed by atoms with Gasteiger partial charge in [0.1, 0.15) is 0 Å². The second-order valence-electron chi connectivity index (χ2n) is 3.64. The van der Waals surface area contributed by atoms with E-state index in [1.54, 1.807) is 0 Å². The highest BCUT2D eigenvalue weighted by Crippen LogP contribution is 2.16. The third kappa shape index (κ3) is 3.03. The molecule has 0 spiro atoms. The van der Waals surface area contributed by atoms with E-state index in [1.807, 2.05) is 0 Å². The Morgan fingerprint density at radius 2 is 1.80 bits per heavy atom. The summed E-state index contributed by atoms with van der Waals surface area (Å²) in [6.45, 7) is 0.166. The normalized spacial score (nSPS) is 35.4. The maximum Gasteiger partial charge on any atom is 0.185 e. The number of nitrogens with one attached hydrogen (secondary N) is 1. The van der Waals surface area contributed by atoms with Crippen LogP contribution in [-0.2, 0) is 0 Å². The van der Waals surface area contributed by atoms with E-state index in [9.17, 15) is 10.2 Å². The van der Waals surface area contributed by atoms with Crippen LogP contribution in [-0.4, -0.2) is 58.7 Å². The zero-order chi connectivity index (χ0) is 11.4. The van der Waals surface area contributed by atoms with Gasteiger partial charge < -0.3 is 32.1 Å². The maximum absolute atomic E-state index is 9.59. The van der Waals surface area contributed by atoms with Crippen molar-refractivity contribution < 1.29 is 15.3 Å². The van der Waals surface area contributed by atoms with Gasteiger partial charge in [-0.2, -0.15) is 0 Å². The van der Waals surface area contributed by atoms with E-state index in [0.717, 1.165) is 0 Å². The van der Waals surface area contributed by atoms with Crippen molar-refractivity contribution >= 4 is 5.96 Å². The molecule has 1 saturated heterocycles. The lowest BCUT2D eigenvalue weighted by Crippen LogP contribution is -2.36.